The maximum absolute atomic E-state index is 12.9. The predicted molar refractivity (Wildman–Crippen MR) is 81.5 cm³/mol. The largest absolute Gasteiger partial charge is 0.416 e. The van der Waals surface area contributed by atoms with E-state index in [1.54, 1.807) is 0 Å². The molecular formula is C16H17F6N3O. The molecule has 0 bridgehead atoms. The normalized spacial score (nSPS) is 19.6. The van der Waals surface area contributed by atoms with Crippen LogP contribution in [0.5, 0.6) is 0 Å². The number of halogens is 6. The molecule has 2 aliphatic rings. The summed E-state index contributed by atoms with van der Waals surface area (Å²) in [6, 6.07) is 2.19. The van der Waals surface area contributed by atoms with Gasteiger partial charge in [-0.25, -0.2) is 4.79 Å². The van der Waals surface area contributed by atoms with E-state index >= 15 is 0 Å². The number of urea groups is 1. The Morgan fingerprint density at radius 1 is 1.19 bits per heavy atom. The molecule has 4 nitrogen and oxygen atoms in total. The summed E-state index contributed by atoms with van der Waals surface area (Å²) in [4.78, 5) is 13.0. The second-order valence-corrected chi connectivity index (χ2v) is 6.92. The van der Waals surface area contributed by atoms with Crippen LogP contribution in [0.15, 0.2) is 24.3 Å². The van der Waals surface area contributed by atoms with Crippen molar-refractivity contribution in [2.24, 2.45) is 5.41 Å². The summed E-state index contributed by atoms with van der Waals surface area (Å²) in [5.41, 5.74) is -1.23. The first-order chi connectivity index (χ1) is 12.0. The minimum absolute atomic E-state index is 0.0506. The highest BCUT2D eigenvalue weighted by atomic mass is 19.4. The lowest BCUT2D eigenvalue weighted by Crippen LogP contribution is -2.66. The van der Waals surface area contributed by atoms with Crippen LogP contribution in [0, 0.1) is 5.41 Å². The molecule has 0 aromatic heterocycles. The van der Waals surface area contributed by atoms with E-state index < -0.39 is 36.5 Å². The zero-order chi connectivity index (χ0) is 19.2. The Bertz CT molecular complexity index is 675. The third-order valence-electron chi connectivity index (χ3n) is 4.83. The minimum Gasteiger partial charge on any atom is -0.316 e. The Morgan fingerprint density at radius 3 is 2.35 bits per heavy atom. The molecule has 0 radical (unpaired) electrons. The summed E-state index contributed by atoms with van der Waals surface area (Å²) in [7, 11) is 0. The van der Waals surface area contributed by atoms with E-state index in [-0.39, 0.29) is 11.1 Å². The number of hydrogen-bond donors (Lipinski definition) is 2. The van der Waals surface area contributed by atoms with E-state index in [1.165, 1.54) is 6.07 Å². The minimum atomic E-state index is -4.61. The van der Waals surface area contributed by atoms with Crippen molar-refractivity contribution in [2.75, 3.05) is 25.0 Å². The van der Waals surface area contributed by atoms with Gasteiger partial charge >= 0.3 is 18.4 Å². The molecule has 1 heterocycles. The van der Waals surface area contributed by atoms with Crippen LogP contribution in [0.3, 0.4) is 0 Å². The van der Waals surface area contributed by atoms with Crippen molar-refractivity contribution < 1.29 is 31.1 Å². The average Bonchev–Trinajstić information content (AvgIpc) is 2.41. The van der Waals surface area contributed by atoms with Gasteiger partial charge < -0.3 is 15.5 Å². The predicted octanol–water partition coefficient (Wildman–Crippen LogP) is 3.85. The standard InChI is InChI=1S/C16H17F6N3O/c17-15(18,19)9-25(12-5-14(6-12)7-23-8-14)13(26)24-11-3-1-2-10(4-11)16(20,21)22/h1-4,12,23H,5-9H2,(H,24,26). The molecule has 1 aromatic carbocycles. The third-order valence-corrected chi connectivity index (χ3v) is 4.83. The number of rotatable bonds is 3. The quantitative estimate of drug-likeness (QED) is 0.782. The van der Waals surface area contributed by atoms with Crippen LogP contribution >= 0.6 is 0 Å². The van der Waals surface area contributed by atoms with Crippen molar-refractivity contribution in [3.63, 3.8) is 0 Å². The Kier molecular flexibility index (Phi) is 4.58. The fraction of sp³-hybridized carbons (Fsp3) is 0.562. The average molecular weight is 381 g/mol. The molecule has 3 rings (SSSR count). The highest BCUT2D eigenvalue weighted by molar-refractivity contribution is 5.89. The number of hydrogen-bond acceptors (Lipinski definition) is 2. The monoisotopic (exact) mass is 381 g/mol. The van der Waals surface area contributed by atoms with Crippen LogP contribution in [0.25, 0.3) is 0 Å². The fourth-order valence-corrected chi connectivity index (χ4v) is 3.46. The van der Waals surface area contributed by atoms with Gasteiger partial charge in [0, 0.05) is 24.8 Å². The fourth-order valence-electron chi connectivity index (χ4n) is 3.46. The molecule has 1 spiro atoms. The lowest BCUT2D eigenvalue weighted by atomic mass is 9.61. The Morgan fingerprint density at radius 2 is 1.85 bits per heavy atom. The van der Waals surface area contributed by atoms with Gasteiger partial charge in [0.05, 0.1) is 5.56 Å². The molecule has 1 aliphatic carbocycles. The summed E-state index contributed by atoms with van der Waals surface area (Å²) < 4.78 is 76.7. The van der Waals surface area contributed by atoms with E-state index in [0.717, 1.165) is 12.1 Å². The van der Waals surface area contributed by atoms with Crippen LogP contribution in [0.2, 0.25) is 0 Å². The maximum atomic E-state index is 12.9. The van der Waals surface area contributed by atoms with Gasteiger partial charge in [0.25, 0.3) is 0 Å². The van der Waals surface area contributed by atoms with Gasteiger partial charge in [0.2, 0.25) is 0 Å². The van der Waals surface area contributed by atoms with Gasteiger partial charge in [-0.3, -0.25) is 0 Å². The second-order valence-electron chi connectivity index (χ2n) is 6.92. The van der Waals surface area contributed by atoms with Crippen molar-refractivity contribution in [1.29, 1.82) is 0 Å². The van der Waals surface area contributed by atoms with Crippen LogP contribution < -0.4 is 10.6 Å². The number of nitrogens with one attached hydrogen (secondary N) is 2. The van der Waals surface area contributed by atoms with Gasteiger partial charge in [-0.05, 0) is 36.5 Å². The molecule has 2 fully saturated rings. The Balaban J connectivity index is 1.71. The van der Waals surface area contributed by atoms with Crippen molar-refractivity contribution >= 4 is 11.7 Å². The number of benzene rings is 1. The zero-order valence-electron chi connectivity index (χ0n) is 13.5. The van der Waals surface area contributed by atoms with E-state index in [2.05, 4.69) is 10.6 Å². The van der Waals surface area contributed by atoms with Gasteiger partial charge in [-0.1, -0.05) is 6.07 Å². The lowest BCUT2D eigenvalue weighted by molar-refractivity contribution is -0.153. The first-order valence-electron chi connectivity index (χ1n) is 8.00. The highest BCUT2D eigenvalue weighted by Gasteiger charge is 2.52. The first-order valence-corrected chi connectivity index (χ1v) is 8.00. The SMILES string of the molecule is O=C(Nc1cccc(C(F)(F)F)c1)N(CC(F)(F)F)C1CC2(CNC2)C1. The van der Waals surface area contributed by atoms with Crippen molar-refractivity contribution in [3.8, 4) is 0 Å². The van der Waals surface area contributed by atoms with Gasteiger partial charge in [0.1, 0.15) is 6.54 Å². The number of amides is 2. The summed E-state index contributed by atoms with van der Waals surface area (Å²) in [5.74, 6) is 0. The molecular weight excluding hydrogens is 364 g/mol. The number of alkyl halides is 6. The van der Waals surface area contributed by atoms with Crippen molar-refractivity contribution in [3.05, 3.63) is 29.8 Å². The Hall–Kier alpha value is -1.97. The number of carbonyl (C=O) groups is 1. The van der Waals surface area contributed by atoms with E-state index in [4.69, 9.17) is 0 Å². The van der Waals surface area contributed by atoms with Gasteiger partial charge in [-0.15, -0.1) is 0 Å². The molecule has 2 N–H and O–H groups in total. The zero-order valence-corrected chi connectivity index (χ0v) is 13.5. The second kappa shape index (κ2) is 6.33. The van der Waals surface area contributed by atoms with Crippen molar-refractivity contribution in [2.45, 2.75) is 31.2 Å². The Labute approximate surface area is 145 Å². The number of anilines is 1. The van der Waals surface area contributed by atoms with Crippen LogP contribution in [-0.2, 0) is 6.18 Å². The third kappa shape index (κ3) is 4.05. The molecule has 1 aliphatic heterocycles. The van der Waals surface area contributed by atoms with Crippen molar-refractivity contribution in [1.82, 2.24) is 10.2 Å². The lowest BCUT2D eigenvalue weighted by Gasteiger charge is -2.57. The van der Waals surface area contributed by atoms with E-state index in [9.17, 15) is 31.1 Å². The molecule has 2 amide bonds. The van der Waals surface area contributed by atoms with Crippen LogP contribution in [0.4, 0.5) is 36.8 Å². The van der Waals surface area contributed by atoms with E-state index in [0.29, 0.717) is 36.9 Å². The van der Waals surface area contributed by atoms with Gasteiger partial charge in [-0.2, -0.15) is 26.3 Å². The first kappa shape index (κ1) is 18.8. The summed E-state index contributed by atoms with van der Waals surface area (Å²) in [6.07, 6.45) is -8.30. The molecule has 0 atom stereocenters. The molecule has 10 heteroatoms. The van der Waals surface area contributed by atoms with Gasteiger partial charge in [0.15, 0.2) is 0 Å². The van der Waals surface area contributed by atoms with Crippen LogP contribution in [-0.4, -0.2) is 42.8 Å². The topological polar surface area (TPSA) is 44.4 Å². The summed E-state index contributed by atoms with van der Waals surface area (Å²) >= 11 is 0. The van der Waals surface area contributed by atoms with E-state index in [1.807, 2.05) is 0 Å². The smallest absolute Gasteiger partial charge is 0.316 e. The summed E-state index contributed by atoms with van der Waals surface area (Å²) in [5, 5.41) is 5.21. The maximum Gasteiger partial charge on any atom is 0.416 e. The van der Waals surface area contributed by atoms with Crippen LogP contribution in [0.1, 0.15) is 18.4 Å². The highest BCUT2D eigenvalue weighted by Crippen LogP contribution is 2.47. The number of carbonyl (C=O) groups excluding carboxylic acids is 1. The molecule has 1 saturated carbocycles. The molecule has 1 aromatic rings. The molecule has 26 heavy (non-hydrogen) atoms. The number of nitrogens with zero attached hydrogens (tertiary/aromatic N) is 1. The molecule has 1 saturated heterocycles. The molecule has 144 valence electrons. The summed E-state index contributed by atoms with van der Waals surface area (Å²) in [6.45, 7) is -0.0246. The molecule has 0 unspecified atom stereocenters.